The number of rotatable bonds is 6. The van der Waals surface area contributed by atoms with Crippen LogP contribution in [0.15, 0.2) is 36.7 Å². The van der Waals surface area contributed by atoms with Crippen molar-refractivity contribution in [3.05, 3.63) is 52.5 Å². The van der Waals surface area contributed by atoms with Crippen LogP contribution in [0.1, 0.15) is 5.69 Å². The van der Waals surface area contributed by atoms with Gasteiger partial charge >= 0.3 is 0 Å². The zero-order valence-corrected chi connectivity index (χ0v) is 17.9. The van der Waals surface area contributed by atoms with Crippen molar-refractivity contribution in [2.75, 3.05) is 18.0 Å². The molecule has 1 aliphatic rings. The quantitative estimate of drug-likeness (QED) is 0.512. The average Bonchev–Trinajstić information content (AvgIpc) is 3.35. The van der Waals surface area contributed by atoms with E-state index in [0.29, 0.717) is 28.4 Å². The Morgan fingerprint density at radius 1 is 1.13 bits per heavy atom. The summed E-state index contributed by atoms with van der Waals surface area (Å²) >= 11 is 12.0. The van der Waals surface area contributed by atoms with Crippen LogP contribution in [0.25, 0.3) is 5.69 Å². The van der Waals surface area contributed by atoms with E-state index in [1.165, 1.54) is 20.7 Å². The molecule has 2 amide bonds. The van der Waals surface area contributed by atoms with E-state index < -0.39 is 6.04 Å². The third-order valence-electron chi connectivity index (χ3n) is 4.91. The lowest BCUT2D eigenvalue weighted by Gasteiger charge is -2.37. The van der Waals surface area contributed by atoms with Crippen molar-refractivity contribution in [1.29, 1.82) is 0 Å². The normalized spacial score (nSPS) is 15.5. The number of aromatic nitrogens is 5. The fourth-order valence-electron chi connectivity index (χ4n) is 3.44. The Balaban J connectivity index is 1.60. The number of carbonyl (C=O) groups is 3. The smallest absolute Gasteiger partial charge is 0.247 e. The van der Waals surface area contributed by atoms with E-state index in [1.54, 1.807) is 42.2 Å². The van der Waals surface area contributed by atoms with Crippen LogP contribution in [0.2, 0.25) is 10.2 Å². The number of amides is 2. The zero-order valence-electron chi connectivity index (χ0n) is 16.4. The van der Waals surface area contributed by atoms with Gasteiger partial charge in [0, 0.05) is 24.7 Å². The Morgan fingerprint density at radius 2 is 1.94 bits per heavy atom. The largest absolute Gasteiger partial charge is 0.322 e. The van der Waals surface area contributed by atoms with Gasteiger partial charge in [0.2, 0.25) is 11.8 Å². The number of carbonyl (C=O) groups excluding carboxylic acids is 3. The molecule has 0 saturated carbocycles. The Kier molecular flexibility index (Phi) is 5.75. The number of aldehydes is 1. The summed E-state index contributed by atoms with van der Waals surface area (Å²) in [5, 5.41) is 12.5. The van der Waals surface area contributed by atoms with Crippen molar-refractivity contribution in [3.63, 3.8) is 0 Å². The Hall–Kier alpha value is -3.24. The first-order valence-corrected chi connectivity index (χ1v) is 10.0. The maximum Gasteiger partial charge on any atom is 0.247 e. The van der Waals surface area contributed by atoms with E-state index in [1.807, 2.05) is 0 Å². The lowest BCUT2D eigenvalue weighted by molar-refractivity contribution is -0.142. The van der Waals surface area contributed by atoms with Crippen LogP contribution in [0, 0.1) is 0 Å². The summed E-state index contributed by atoms with van der Waals surface area (Å²) in [5.41, 5.74) is 1.53. The molecule has 1 fully saturated rings. The first-order valence-electron chi connectivity index (χ1n) is 9.27. The summed E-state index contributed by atoms with van der Waals surface area (Å²) in [7, 11) is 1.76. The Labute approximate surface area is 186 Å². The summed E-state index contributed by atoms with van der Waals surface area (Å²) in [5.74, 6) is -0.725. The van der Waals surface area contributed by atoms with Crippen LogP contribution < -0.4 is 4.90 Å². The molecule has 1 aromatic carbocycles. The minimum absolute atomic E-state index is 0.177. The van der Waals surface area contributed by atoms with E-state index in [0.717, 1.165) is 0 Å². The summed E-state index contributed by atoms with van der Waals surface area (Å²) in [6.07, 6.45) is 4.12. The predicted molar refractivity (Wildman–Crippen MR) is 112 cm³/mol. The fourth-order valence-corrected chi connectivity index (χ4v) is 3.73. The second kappa shape index (κ2) is 8.48. The second-order valence-corrected chi connectivity index (χ2v) is 7.83. The summed E-state index contributed by atoms with van der Waals surface area (Å²) in [6.45, 7) is -0.500. The van der Waals surface area contributed by atoms with Crippen molar-refractivity contribution < 1.29 is 14.4 Å². The molecule has 1 aliphatic heterocycles. The van der Waals surface area contributed by atoms with Crippen molar-refractivity contribution in [1.82, 2.24) is 29.7 Å². The highest BCUT2D eigenvalue weighted by Crippen LogP contribution is 2.30. The summed E-state index contributed by atoms with van der Waals surface area (Å²) in [4.78, 5) is 40.2. The number of nitrogens with zero attached hydrogens (tertiary/aromatic N) is 7. The highest BCUT2D eigenvalue weighted by atomic mass is 35.5. The maximum atomic E-state index is 13.0. The number of anilines is 1. The summed E-state index contributed by atoms with van der Waals surface area (Å²) in [6, 6.07) is 5.83. The molecule has 0 N–H and O–H groups in total. The molecule has 2 aromatic heterocycles. The first kappa shape index (κ1) is 21.0. The van der Waals surface area contributed by atoms with E-state index in [-0.39, 0.29) is 36.5 Å². The third-order valence-corrected chi connectivity index (χ3v) is 5.31. The lowest BCUT2D eigenvalue weighted by Crippen LogP contribution is -2.58. The number of halogens is 2. The Morgan fingerprint density at radius 3 is 2.58 bits per heavy atom. The first-order chi connectivity index (χ1) is 14.9. The van der Waals surface area contributed by atoms with Crippen LogP contribution in [0.4, 0.5) is 5.69 Å². The SMILES string of the molecule is Cn1ccc(CC(C=O)N2CC(=O)N(c3cc(Cl)ccc3-n3cc(Cl)nn3)CC2=O)n1. The number of hydrogen-bond acceptors (Lipinski definition) is 6. The molecule has 1 unspecified atom stereocenters. The predicted octanol–water partition coefficient (Wildman–Crippen LogP) is 1.29. The molecule has 1 saturated heterocycles. The molecule has 10 nitrogen and oxygen atoms in total. The zero-order chi connectivity index (χ0) is 22.1. The molecular weight excluding hydrogens is 445 g/mol. The van der Waals surface area contributed by atoms with Gasteiger partial charge in [-0.1, -0.05) is 28.4 Å². The van der Waals surface area contributed by atoms with E-state index >= 15 is 0 Å². The van der Waals surface area contributed by atoms with E-state index in [2.05, 4.69) is 15.4 Å². The van der Waals surface area contributed by atoms with Crippen LogP contribution in [-0.2, 0) is 27.9 Å². The van der Waals surface area contributed by atoms with Gasteiger partial charge in [0.1, 0.15) is 19.4 Å². The molecule has 160 valence electrons. The Bertz CT molecular complexity index is 1160. The molecule has 0 spiro atoms. The standard InChI is InChI=1S/C19H17Cl2N7O3/c1-25-5-4-13(23-25)7-14(11-29)26-9-19(31)27(10-18(26)30)16-6-12(20)2-3-15(16)28-8-17(21)22-24-28/h2-6,8,11,14H,7,9-10H2,1H3. The van der Waals surface area contributed by atoms with Crippen LogP contribution >= 0.6 is 23.2 Å². The molecule has 31 heavy (non-hydrogen) atoms. The van der Waals surface area contributed by atoms with Gasteiger partial charge < -0.3 is 9.69 Å². The van der Waals surface area contributed by atoms with Crippen LogP contribution in [0.3, 0.4) is 0 Å². The summed E-state index contributed by atoms with van der Waals surface area (Å²) < 4.78 is 3.01. The van der Waals surface area contributed by atoms with E-state index in [4.69, 9.17) is 23.2 Å². The van der Waals surface area contributed by atoms with Gasteiger partial charge in [0.05, 0.1) is 29.3 Å². The van der Waals surface area contributed by atoms with Crippen molar-refractivity contribution in [2.45, 2.75) is 12.5 Å². The maximum absolute atomic E-state index is 13.0. The molecular formula is C19H17Cl2N7O3. The van der Waals surface area contributed by atoms with E-state index in [9.17, 15) is 14.4 Å². The topological polar surface area (TPSA) is 106 Å². The molecule has 0 radical (unpaired) electrons. The molecule has 3 aromatic rings. The van der Waals surface area contributed by atoms with Gasteiger partial charge in [-0.05, 0) is 24.3 Å². The number of benzene rings is 1. The average molecular weight is 462 g/mol. The van der Waals surface area contributed by atoms with Gasteiger partial charge in [-0.3, -0.25) is 19.2 Å². The molecule has 12 heteroatoms. The van der Waals surface area contributed by atoms with Gasteiger partial charge in [0.25, 0.3) is 0 Å². The van der Waals surface area contributed by atoms with Gasteiger partial charge in [0.15, 0.2) is 5.15 Å². The molecule has 3 heterocycles. The molecule has 0 bridgehead atoms. The van der Waals surface area contributed by atoms with Crippen LogP contribution in [-0.4, -0.2) is 66.9 Å². The molecule has 4 rings (SSSR count). The minimum atomic E-state index is -0.790. The molecule has 0 aliphatic carbocycles. The number of piperazine rings is 1. The number of aryl methyl sites for hydroxylation is 1. The minimum Gasteiger partial charge on any atom is -0.322 e. The molecule has 1 atom stereocenters. The highest BCUT2D eigenvalue weighted by molar-refractivity contribution is 6.31. The third kappa shape index (κ3) is 4.30. The van der Waals surface area contributed by atoms with Crippen molar-refractivity contribution in [3.8, 4) is 5.69 Å². The van der Waals surface area contributed by atoms with Crippen LogP contribution in [0.5, 0.6) is 0 Å². The van der Waals surface area contributed by atoms with Crippen molar-refractivity contribution in [2.24, 2.45) is 7.05 Å². The second-order valence-electron chi connectivity index (χ2n) is 7.01. The van der Waals surface area contributed by atoms with Crippen molar-refractivity contribution >= 4 is 47.0 Å². The lowest BCUT2D eigenvalue weighted by atomic mass is 10.1. The van der Waals surface area contributed by atoms with Gasteiger partial charge in [-0.2, -0.15) is 5.10 Å². The van der Waals surface area contributed by atoms with Gasteiger partial charge in [-0.25, -0.2) is 4.68 Å². The van der Waals surface area contributed by atoms with Gasteiger partial charge in [-0.15, -0.1) is 5.10 Å². The fraction of sp³-hybridized carbons (Fsp3) is 0.263. The monoisotopic (exact) mass is 461 g/mol. The highest BCUT2D eigenvalue weighted by Gasteiger charge is 2.36. The number of hydrogen-bond donors (Lipinski definition) is 0.